The van der Waals surface area contributed by atoms with Crippen molar-refractivity contribution in [3.8, 4) is 5.75 Å². The maximum absolute atomic E-state index is 13.5. The van der Waals surface area contributed by atoms with Crippen LogP contribution in [0.5, 0.6) is 5.75 Å². The first-order valence-electron chi connectivity index (χ1n) is 5.34. The molecule has 2 rings (SSSR count). The normalized spacial score (nSPS) is 11.5. The van der Waals surface area contributed by atoms with Crippen LogP contribution in [0.2, 0.25) is 0 Å². The van der Waals surface area contributed by atoms with E-state index in [0.717, 1.165) is 6.07 Å². The third-order valence-corrected chi connectivity index (χ3v) is 3.84. The van der Waals surface area contributed by atoms with E-state index in [1.54, 1.807) is 6.07 Å². The van der Waals surface area contributed by atoms with E-state index in [1.807, 2.05) is 0 Å². The van der Waals surface area contributed by atoms with Gasteiger partial charge in [-0.05, 0) is 24.3 Å². The average molecular weight is 285 g/mol. The smallest absolute Gasteiger partial charge is 0.241 e. The van der Waals surface area contributed by atoms with Crippen molar-refractivity contribution in [1.29, 1.82) is 0 Å². The number of rotatable bonds is 5. The van der Waals surface area contributed by atoms with Crippen molar-refractivity contribution in [1.82, 2.24) is 14.9 Å². The first-order chi connectivity index (χ1) is 9.03. The van der Waals surface area contributed by atoms with Gasteiger partial charge in [0.25, 0.3) is 0 Å². The van der Waals surface area contributed by atoms with Crippen LogP contribution in [0, 0.1) is 5.82 Å². The minimum Gasteiger partial charge on any atom is -0.494 e. The molecule has 0 amide bonds. The highest BCUT2D eigenvalue weighted by Crippen LogP contribution is 2.20. The Morgan fingerprint density at radius 1 is 1.42 bits per heavy atom. The largest absolute Gasteiger partial charge is 0.494 e. The topological polar surface area (TPSA) is 84.1 Å². The van der Waals surface area contributed by atoms with Gasteiger partial charge in [0.1, 0.15) is 0 Å². The Bertz CT molecular complexity index is 656. The van der Waals surface area contributed by atoms with Crippen LogP contribution in [0.25, 0.3) is 0 Å². The Hall–Kier alpha value is -1.93. The van der Waals surface area contributed by atoms with Gasteiger partial charge >= 0.3 is 0 Å². The van der Waals surface area contributed by atoms with Crippen LogP contribution in [0.4, 0.5) is 4.39 Å². The van der Waals surface area contributed by atoms with Gasteiger partial charge in [-0.15, -0.1) is 0 Å². The summed E-state index contributed by atoms with van der Waals surface area (Å²) in [5.74, 6) is -0.737. The maximum Gasteiger partial charge on any atom is 0.241 e. The van der Waals surface area contributed by atoms with Crippen LogP contribution in [0.15, 0.2) is 35.4 Å². The van der Waals surface area contributed by atoms with Crippen LogP contribution in [0.1, 0.15) is 5.69 Å². The minimum absolute atomic E-state index is 0.00693. The zero-order valence-corrected chi connectivity index (χ0v) is 10.9. The zero-order valence-electron chi connectivity index (χ0n) is 10.1. The third kappa shape index (κ3) is 3.09. The first-order valence-corrected chi connectivity index (χ1v) is 6.83. The van der Waals surface area contributed by atoms with Crippen molar-refractivity contribution < 1.29 is 17.5 Å². The standard InChI is InChI=1S/C11H12FN3O3S/c1-18-11-3-2-9(6-10(11)12)19(16,17)14-7-8-4-5-13-15-8/h2-6,14H,7H2,1H3,(H,13,15). The molecule has 1 aromatic carbocycles. The molecule has 0 saturated heterocycles. The second kappa shape index (κ2) is 5.37. The molecule has 0 radical (unpaired) electrons. The molecular weight excluding hydrogens is 273 g/mol. The fraction of sp³-hybridized carbons (Fsp3) is 0.182. The summed E-state index contributed by atoms with van der Waals surface area (Å²) in [7, 11) is -2.47. The van der Waals surface area contributed by atoms with Crippen molar-refractivity contribution >= 4 is 10.0 Å². The Morgan fingerprint density at radius 3 is 2.79 bits per heavy atom. The second-order valence-corrected chi connectivity index (χ2v) is 5.47. The molecule has 0 atom stereocenters. The summed E-state index contributed by atoms with van der Waals surface area (Å²) < 4.78 is 44.4. The lowest BCUT2D eigenvalue weighted by Gasteiger charge is -2.07. The van der Waals surface area contributed by atoms with Gasteiger partial charge in [-0.25, -0.2) is 17.5 Å². The van der Waals surface area contributed by atoms with Crippen LogP contribution >= 0.6 is 0 Å². The van der Waals surface area contributed by atoms with Gasteiger partial charge in [-0.1, -0.05) is 0 Å². The summed E-state index contributed by atoms with van der Waals surface area (Å²) in [5, 5.41) is 6.32. The number of aromatic amines is 1. The number of sulfonamides is 1. The maximum atomic E-state index is 13.5. The number of nitrogens with one attached hydrogen (secondary N) is 2. The highest BCUT2D eigenvalue weighted by Gasteiger charge is 2.16. The highest BCUT2D eigenvalue weighted by atomic mass is 32.2. The molecule has 1 heterocycles. The van der Waals surface area contributed by atoms with Crippen LogP contribution < -0.4 is 9.46 Å². The summed E-state index contributed by atoms with van der Waals surface area (Å²) in [6.45, 7) is 0.0516. The summed E-state index contributed by atoms with van der Waals surface area (Å²) in [6.07, 6.45) is 1.51. The highest BCUT2D eigenvalue weighted by molar-refractivity contribution is 7.89. The molecule has 102 valence electrons. The van der Waals surface area contributed by atoms with Crippen molar-refractivity contribution in [3.05, 3.63) is 42.0 Å². The molecule has 0 unspecified atom stereocenters. The van der Waals surface area contributed by atoms with E-state index in [-0.39, 0.29) is 17.2 Å². The van der Waals surface area contributed by atoms with E-state index in [2.05, 4.69) is 14.9 Å². The number of nitrogens with zero attached hydrogens (tertiary/aromatic N) is 1. The van der Waals surface area contributed by atoms with E-state index >= 15 is 0 Å². The van der Waals surface area contributed by atoms with Crippen molar-refractivity contribution in [3.63, 3.8) is 0 Å². The summed E-state index contributed by atoms with van der Waals surface area (Å²) in [5.41, 5.74) is 0.609. The molecule has 0 bridgehead atoms. The molecule has 0 spiro atoms. The van der Waals surface area contributed by atoms with E-state index in [4.69, 9.17) is 4.74 Å². The number of halogens is 1. The van der Waals surface area contributed by atoms with Crippen LogP contribution in [0.3, 0.4) is 0 Å². The molecule has 0 saturated carbocycles. The Balaban J connectivity index is 2.17. The fourth-order valence-corrected chi connectivity index (χ4v) is 2.47. The number of ether oxygens (including phenoxy) is 1. The Labute approximate surface area is 109 Å². The number of H-pyrrole nitrogens is 1. The number of hydrogen-bond acceptors (Lipinski definition) is 4. The fourth-order valence-electron chi connectivity index (χ4n) is 1.45. The summed E-state index contributed by atoms with van der Waals surface area (Å²) in [4.78, 5) is -0.162. The lowest BCUT2D eigenvalue weighted by Crippen LogP contribution is -2.23. The van der Waals surface area contributed by atoms with E-state index in [1.165, 1.54) is 25.4 Å². The molecular formula is C11H12FN3O3S. The van der Waals surface area contributed by atoms with Gasteiger partial charge in [0, 0.05) is 6.20 Å². The quantitative estimate of drug-likeness (QED) is 0.859. The Morgan fingerprint density at radius 2 is 2.21 bits per heavy atom. The molecule has 19 heavy (non-hydrogen) atoms. The predicted molar refractivity (Wildman–Crippen MR) is 65.6 cm³/mol. The number of hydrogen-bond donors (Lipinski definition) is 2. The lowest BCUT2D eigenvalue weighted by atomic mass is 10.3. The number of aromatic nitrogens is 2. The van der Waals surface area contributed by atoms with E-state index in [9.17, 15) is 12.8 Å². The van der Waals surface area contributed by atoms with Gasteiger partial charge in [0.15, 0.2) is 11.6 Å². The average Bonchev–Trinajstić information content (AvgIpc) is 2.89. The first kappa shape index (κ1) is 13.5. The van der Waals surface area contributed by atoms with Gasteiger partial charge < -0.3 is 4.74 Å². The molecule has 2 aromatic rings. The van der Waals surface area contributed by atoms with Gasteiger partial charge in [0.2, 0.25) is 10.0 Å². The SMILES string of the molecule is COc1ccc(S(=O)(=O)NCc2ccn[nH]2)cc1F. The molecule has 6 nitrogen and oxygen atoms in total. The third-order valence-electron chi connectivity index (χ3n) is 2.44. The zero-order chi connectivity index (χ0) is 13.9. The molecule has 2 N–H and O–H groups in total. The summed E-state index contributed by atoms with van der Waals surface area (Å²) >= 11 is 0. The monoisotopic (exact) mass is 285 g/mol. The Kier molecular flexibility index (Phi) is 3.82. The summed E-state index contributed by atoms with van der Waals surface area (Å²) in [6, 6.07) is 5.09. The van der Waals surface area contributed by atoms with Crippen molar-refractivity contribution in [2.45, 2.75) is 11.4 Å². The predicted octanol–water partition coefficient (Wildman–Crippen LogP) is 1.04. The molecule has 8 heteroatoms. The molecule has 0 fully saturated rings. The lowest BCUT2D eigenvalue weighted by molar-refractivity contribution is 0.385. The minimum atomic E-state index is -3.78. The molecule has 1 aromatic heterocycles. The molecule has 0 aliphatic rings. The van der Waals surface area contributed by atoms with Gasteiger partial charge in [-0.3, -0.25) is 5.10 Å². The molecule has 0 aliphatic carbocycles. The van der Waals surface area contributed by atoms with Crippen molar-refractivity contribution in [2.75, 3.05) is 7.11 Å². The van der Waals surface area contributed by atoms with Crippen LogP contribution in [-0.2, 0) is 16.6 Å². The van der Waals surface area contributed by atoms with E-state index in [0.29, 0.717) is 5.69 Å². The number of methoxy groups -OCH3 is 1. The number of benzene rings is 1. The van der Waals surface area contributed by atoms with Gasteiger partial charge in [-0.2, -0.15) is 5.10 Å². The molecule has 0 aliphatic heterocycles. The van der Waals surface area contributed by atoms with Gasteiger partial charge in [0.05, 0.1) is 24.2 Å². The van der Waals surface area contributed by atoms with Crippen LogP contribution in [-0.4, -0.2) is 25.7 Å². The van der Waals surface area contributed by atoms with Crippen molar-refractivity contribution in [2.24, 2.45) is 0 Å². The van der Waals surface area contributed by atoms with E-state index < -0.39 is 15.8 Å². The second-order valence-electron chi connectivity index (χ2n) is 3.70.